The number of hydrogen-bond acceptors (Lipinski definition) is 2. The van der Waals surface area contributed by atoms with Crippen LogP contribution >= 0.6 is 0 Å². The van der Waals surface area contributed by atoms with Crippen LogP contribution in [0.25, 0.3) is 11.0 Å². The smallest absolute Gasteiger partial charge is 0.220 e. The van der Waals surface area contributed by atoms with Crippen LogP contribution in [-0.4, -0.2) is 22.4 Å². The van der Waals surface area contributed by atoms with Crippen LogP contribution in [0.4, 0.5) is 0 Å². The van der Waals surface area contributed by atoms with Crippen LogP contribution in [0.1, 0.15) is 18.7 Å². The minimum Gasteiger partial charge on any atom is -0.353 e. The molecule has 4 heteroatoms. The zero-order valence-corrected chi connectivity index (χ0v) is 10.3. The summed E-state index contributed by atoms with van der Waals surface area (Å²) in [7, 11) is 0. The molecule has 0 saturated heterocycles. The van der Waals surface area contributed by atoms with Gasteiger partial charge in [-0.3, -0.25) is 4.79 Å². The lowest BCUT2D eigenvalue weighted by Crippen LogP contribution is -2.22. The molecule has 4 nitrogen and oxygen atoms in total. The van der Waals surface area contributed by atoms with Crippen LogP contribution in [0.3, 0.4) is 0 Å². The molecule has 2 rings (SSSR count). The minimum atomic E-state index is 0.0611. The van der Waals surface area contributed by atoms with Gasteiger partial charge < -0.3 is 10.3 Å². The normalized spacial score (nSPS) is 10.4. The van der Waals surface area contributed by atoms with Crippen LogP contribution in [0.5, 0.6) is 0 Å². The number of rotatable bonds is 6. The van der Waals surface area contributed by atoms with E-state index in [4.69, 9.17) is 0 Å². The van der Waals surface area contributed by atoms with Crippen molar-refractivity contribution in [1.82, 2.24) is 15.3 Å². The van der Waals surface area contributed by atoms with E-state index in [1.807, 2.05) is 24.3 Å². The van der Waals surface area contributed by atoms with Crippen LogP contribution in [0.2, 0.25) is 0 Å². The number of amides is 1. The maximum atomic E-state index is 11.4. The summed E-state index contributed by atoms with van der Waals surface area (Å²) in [6, 6.07) is 7.93. The lowest BCUT2D eigenvalue weighted by atomic mass is 10.2. The monoisotopic (exact) mass is 243 g/mol. The number of H-pyrrole nitrogens is 1. The molecule has 0 bridgehead atoms. The molecule has 0 aliphatic carbocycles. The standard InChI is InChI=1S/C14H17N3O/c1-2-10-15-14(18)9-5-8-13-16-11-6-3-4-7-12(11)17-13/h2-4,6-7H,1,5,8-10H2,(H,15,18)(H,16,17). The number of aromatic nitrogens is 2. The maximum Gasteiger partial charge on any atom is 0.220 e. The summed E-state index contributed by atoms with van der Waals surface area (Å²) in [4.78, 5) is 19.1. The first-order chi connectivity index (χ1) is 8.79. The first-order valence-electron chi connectivity index (χ1n) is 6.11. The van der Waals surface area contributed by atoms with Crippen LogP contribution in [-0.2, 0) is 11.2 Å². The molecule has 1 amide bonds. The molecule has 0 fully saturated rings. The highest BCUT2D eigenvalue weighted by Gasteiger charge is 2.04. The molecule has 94 valence electrons. The van der Waals surface area contributed by atoms with Crippen LogP contribution < -0.4 is 5.32 Å². The highest BCUT2D eigenvalue weighted by Crippen LogP contribution is 2.11. The van der Waals surface area contributed by atoms with Gasteiger partial charge in [0.2, 0.25) is 5.91 Å². The first kappa shape index (κ1) is 12.4. The van der Waals surface area contributed by atoms with Crippen molar-refractivity contribution in [1.29, 1.82) is 0 Å². The van der Waals surface area contributed by atoms with Gasteiger partial charge in [0.1, 0.15) is 5.82 Å². The predicted octanol–water partition coefficient (Wildman–Crippen LogP) is 2.19. The largest absolute Gasteiger partial charge is 0.353 e. The minimum absolute atomic E-state index is 0.0611. The Bertz CT molecular complexity index is 512. The number of imidazole rings is 1. The molecular formula is C14H17N3O. The lowest BCUT2D eigenvalue weighted by molar-refractivity contribution is -0.120. The Hall–Kier alpha value is -2.10. The number of carbonyl (C=O) groups excluding carboxylic acids is 1. The van der Waals surface area contributed by atoms with Gasteiger partial charge in [0, 0.05) is 19.4 Å². The number of aryl methyl sites for hydroxylation is 1. The fourth-order valence-corrected chi connectivity index (χ4v) is 1.81. The molecule has 0 saturated carbocycles. The molecule has 2 aromatic rings. The van der Waals surface area contributed by atoms with E-state index in [1.165, 1.54) is 0 Å². The zero-order chi connectivity index (χ0) is 12.8. The Morgan fingerprint density at radius 1 is 1.44 bits per heavy atom. The molecule has 0 atom stereocenters. The van der Waals surface area contributed by atoms with Gasteiger partial charge in [0.25, 0.3) is 0 Å². The van der Waals surface area contributed by atoms with Gasteiger partial charge in [-0.25, -0.2) is 4.98 Å². The maximum absolute atomic E-state index is 11.4. The summed E-state index contributed by atoms with van der Waals surface area (Å²) < 4.78 is 0. The molecule has 18 heavy (non-hydrogen) atoms. The van der Waals surface area contributed by atoms with E-state index < -0.39 is 0 Å². The Kier molecular flexibility index (Phi) is 4.12. The SMILES string of the molecule is C=CCNC(=O)CCCc1nc2ccccc2[nH]1. The van der Waals surface area contributed by atoms with Gasteiger partial charge in [-0.15, -0.1) is 6.58 Å². The summed E-state index contributed by atoms with van der Waals surface area (Å²) in [5, 5.41) is 2.76. The molecule has 0 aliphatic heterocycles. The second-order valence-corrected chi connectivity index (χ2v) is 4.15. The fraction of sp³-hybridized carbons (Fsp3) is 0.286. The van der Waals surface area contributed by atoms with Crippen molar-refractivity contribution in [2.24, 2.45) is 0 Å². The molecule has 0 unspecified atom stereocenters. The van der Waals surface area contributed by atoms with Crippen LogP contribution in [0, 0.1) is 0 Å². The van der Waals surface area contributed by atoms with Crippen molar-refractivity contribution in [2.75, 3.05) is 6.54 Å². The van der Waals surface area contributed by atoms with E-state index in [0.29, 0.717) is 13.0 Å². The Morgan fingerprint density at radius 3 is 3.06 bits per heavy atom. The average Bonchev–Trinajstić information content (AvgIpc) is 2.79. The van der Waals surface area contributed by atoms with Crippen molar-refractivity contribution in [3.05, 3.63) is 42.7 Å². The van der Waals surface area contributed by atoms with Gasteiger partial charge in [-0.05, 0) is 18.6 Å². The van der Waals surface area contributed by atoms with Crippen molar-refractivity contribution in [3.8, 4) is 0 Å². The number of carbonyl (C=O) groups is 1. The number of benzene rings is 1. The van der Waals surface area contributed by atoms with Crippen molar-refractivity contribution in [3.63, 3.8) is 0 Å². The van der Waals surface area contributed by atoms with E-state index in [0.717, 1.165) is 29.7 Å². The Labute approximate surface area is 106 Å². The summed E-state index contributed by atoms with van der Waals surface area (Å²) in [6.45, 7) is 4.09. The van der Waals surface area contributed by atoms with Gasteiger partial charge >= 0.3 is 0 Å². The third kappa shape index (κ3) is 3.20. The molecule has 1 heterocycles. The van der Waals surface area contributed by atoms with E-state index >= 15 is 0 Å². The summed E-state index contributed by atoms with van der Waals surface area (Å²) in [6.07, 6.45) is 3.78. The molecule has 1 aromatic heterocycles. The zero-order valence-electron chi connectivity index (χ0n) is 10.3. The lowest BCUT2D eigenvalue weighted by Gasteiger charge is -2.00. The highest BCUT2D eigenvalue weighted by molar-refractivity contribution is 5.76. The summed E-state index contributed by atoms with van der Waals surface area (Å²) in [5.41, 5.74) is 2.02. The van der Waals surface area contributed by atoms with Gasteiger partial charge in [-0.1, -0.05) is 18.2 Å². The summed E-state index contributed by atoms with van der Waals surface area (Å²) in [5.74, 6) is 0.999. The van der Waals surface area contributed by atoms with Gasteiger partial charge in [0.05, 0.1) is 11.0 Å². The second kappa shape index (κ2) is 6.00. The van der Waals surface area contributed by atoms with E-state index in [9.17, 15) is 4.79 Å². The molecule has 0 aliphatic rings. The van der Waals surface area contributed by atoms with Gasteiger partial charge in [0.15, 0.2) is 0 Å². The topological polar surface area (TPSA) is 57.8 Å². The quantitative estimate of drug-likeness (QED) is 0.764. The first-order valence-corrected chi connectivity index (χ1v) is 6.11. The van der Waals surface area contributed by atoms with E-state index in [2.05, 4.69) is 21.9 Å². The molecule has 0 radical (unpaired) electrons. The third-order valence-electron chi connectivity index (χ3n) is 2.70. The Balaban J connectivity index is 1.83. The average molecular weight is 243 g/mol. The fourth-order valence-electron chi connectivity index (χ4n) is 1.81. The number of fused-ring (bicyclic) bond motifs is 1. The number of hydrogen-bond donors (Lipinski definition) is 2. The Morgan fingerprint density at radius 2 is 2.28 bits per heavy atom. The molecule has 0 spiro atoms. The van der Waals surface area contributed by atoms with E-state index in [1.54, 1.807) is 6.08 Å². The molecular weight excluding hydrogens is 226 g/mol. The van der Waals surface area contributed by atoms with Gasteiger partial charge in [-0.2, -0.15) is 0 Å². The van der Waals surface area contributed by atoms with Crippen molar-refractivity contribution < 1.29 is 4.79 Å². The number of aromatic amines is 1. The van der Waals surface area contributed by atoms with E-state index in [-0.39, 0.29) is 5.91 Å². The number of nitrogens with one attached hydrogen (secondary N) is 2. The predicted molar refractivity (Wildman–Crippen MR) is 72.2 cm³/mol. The third-order valence-corrected chi connectivity index (χ3v) is 2.70. The van der Waals surface area contributed by atoms with Crippen molar-refractivity contribution in [2.45, 2.75) is 19.3 Å². The number of para-hydroxylation sites is 2. The molecule has 1 aromatic carbocycles. The van der Waals surface area contributed by atoms with Crippen LogP contribution in [0.15, 0.2) is 36.9 Å². The molecule has 2 N–H and O–H groups in total. The summed E-state index contributed by atoms with van der Waals surface area (Å²) >= 11 is 0. The highest BCUT2D eigenvalue weighted by atomic mass is 16.1. The number of nitrogens with zero attached hydrogens (tertiary/aromatic N) is 1. The second-order valence-electron chi connectivity index (χ2n) is 4.15. The van der Waals surface area contributed by atoms with Crippen molar-refractivity contribution >= 4 is 16.9 Å².